The van der Waals surface area contributed by atoms with Gasteiger partial charge in [-0.25, -0.2) is 0 Å². The number of rotatable bonds is 6. The molecule has 1 aromatic rings. The summed E-state index contributed by atoms with van der Waals surface area (Å²) in [5, 5.41) is 6.37. The molecule has 19 heavy (non-hydrogen) atoms. The van der Waals surface area contributed by atoms with E-state index in [0.29, 0.717) is 0 Å². The van der Waals surface area contributed by atoms with Gasteiger partial charge in [0.25, 0.3) is 5.91 Å². The Balaban J connectivity index is 2.04. The minimum absolute atomic E-state index is 0.0316. The number of anilines is 1. The van der Waals surface area contributed by atoms with E-state index in [1.807, 2.05) is 32.0 Å². The Kier molecular flexibility index (Phi) is 4.46. The number of carbonyl (C=O) groups excluding carboxylic acids is 1. The van der Waals surface area contributed by atoms with Crippen molar-refractivity contribution in [3.8, 4) is 0 Å². The molecule has 1 aromatic carbocycles. The molecule has 0 aliphatic heterocycles. The van der Waals surface area contributed by atoms with Crippen molar-refractivity contribution in [1.29, 1.82) is 0 Å². The maximum absolute atomic E-state index is 12.3. The first-order valence-electron chi connectivity index (χ1n) is 7.25. The Morgan fingerprint density at radius 2 is 2.16 bits per heavy atom. The van der Waals surface area contributed by atoms with Crippen molar-refractivity contribution in [2.24, 2.45) is 5.92 Å². The van der Waals surface area contributed by atoms with Crippen molar-refractivity contribution in [3.63, 3.8) is 0 Å². The van der Waals surface area contributed by atoms with E-state index >= 15 is 0 Å². The van der Waals surface area contributed by atoms with E-state index < -0.39 is 0 Å². The van der Waals surface area contributed by atoms with Crippen LogP contribution in [0.2, 0.25) is 0 Å². The highest BCUT2D eigenvalue weighted by Gasteiger charge is 2.24. The summed E-state index contributed by atoms with van der Waals surface area (Å²) in [4.78, 5) is 12.3. The summed E-state index contributed by atoms with van der Waals surface area (Å²) in [5.41, 5.74) is 2.84. The zero-order valence-electron chi connectivity index (χ0n) is 12.1. The summed E-state index contributed by atoms with van der Waals surface area (Å²) in [7, 11) is 0. The summed E-state index contributed by atoms with van der Waals surface area (Å²) in [6, 6.07) is 6.19. The number of hydrogen-bond donors (Lipinski definition) is 2. The second-order valence-corrected chi connectivity index (χ2v) is 5.63. The number of benzene rings is 1. The first kappa shape index (κ1) is 13.9. The third kappa shape index (κ3) is 3.98. The van der Waals surface area contributed by atoms with Crippen LogP contribution in [-0.2, 0) is 0 Å². The topological polar surface area (TPSA) is 41.1 Å². The van der Waals surface area contributed by atoms with Gasteiger partial charge in [-0.1, -0.05) is 18.9 Å². The quantitative estimate of drug-likeness (QED) is 0.823. The predicted octanol–water partition coefficient (Wildman–Crippen LogP) is 3.35. The normalized spacial score (nSPS) is 15.9. The second kappa shape index (κ2) is 6.09. The minimum Gasteiger partial charge on any atom is -0.385 e. The number of carbonyl (C=O) groups is 1. The number of hydrogen-bond acceptors (Lipinski definition) is 2. The largest absolute Gasteiger partial charge is 0.385 e. The van der Waals surface area contributed by atoms with Gasteiger partial charge >= 0.3 is 0 Å². The zero-order chi connectivity index (χ0) is 13.8. The van der Waals surface area contributed by atoms with Crippen LogP contribution in [0.15, 0.2) is 18.2 Å². The van der Waals surface area contributed by atoms with Crippen molar-refractivity contribution in [2.45, 2.75) is 46.1 Å². The molecule has 3 nitrogen and oxygen atoms in total. The van der Waals surface area contributed by atoms with Crippen LogP contribution in [0.4, 0.5) is 5.69 Å². The lowest BCUT2D eigenvalue weighted by Crippen LogP contribution is -2.33. The lowest BCUT2D eigenvalue weighted by molar-refractivity contribution is 0.0938. The van der Waals surface area contributed by atoms with Gasteiger partial charge in [-0.2, -0.15) is 0 Å². The average Bonchev–Trinajstić information content (AvgIpc) is 3.13. The van der Waals surface area contributed by atoms with E-state index in [1.54, 1.807) is 0 Å². The van der Waals surface area contributed by atoms with Gasteiger partial charge in [0, 0.05) is 18.3 Å². The van der Waals surface area contributed by atoms with E-state index in [4.69, 9.17) is 0 Å². The molecule has 1 saturated carbocycles. The second-order valence-electron chi connectivity index (χ2n) is 5.63. The fourth-order valence-corrected chi connectivity index (χ4v) is 2.41. The first-order chi connectivity index (χ1) is 9.10. The Morgan fingerprint density at radius 1 is 1.42 bits per heavy atom. The van der Waals surface area contributed by atoms with Gasteiger partial charge in [-0.3, -0.25) is 4.79 Å². The first-order valence-corrected chi connectivity index (χ1v) is 7.25. The fourth-order valence-electron chi connectivity index (χ4n) is 2.41. The van der Waals surface area contributed by atoms with Crippen LogP contribution in [0.3, 0.4) is 0 Å². The molecule has 0 saturated heterocycles. The van der Waals surface area contributed by atoms with E-state index in [2.05, 4.69) is 17.6 Å². The van der Waals surface area contributed by atoms with Crippen LogP contribution in [0.1, 0.15) is 49.0 Å². The molecule has 3 heteroatoms. The molecule has 0 aromatic heterocycles. The molecule has 2 N–H and O–H groups in total. The molecule has 104 valence electrons. The molecule has 1 aliphatic rings. The van der Waals surface area contributed by atoms with E-state index in [-0.39, 0.29) is 11.9 Å². The van der Waals surface area contributed by atoms with Gasteiger partial charge in [0.2, 0.25) is 0 Å². The molecule has 1 fully saturated rings. The fraction of sp³-hybridized carbons (Fsp3) is 0.562. The van der Waals surface area contributed by atoms with Crippen molar-refractivity contribution in [1.82, 2.24) is 5.32 Å². The third-order valence-corrected chi connectivity index (χ3v) is 3.55. The highest BCUT2D eigenvalue weighted by atomic mass is 16.1. The predicted molar refractivity (Wildman–Crippen MR) is 79.6 cm³/mol. The summed E-state index contributed by atoms with van der Waals surface area (Å²) >= 11 is 0. The molecule has 1 amide bonds. The SMILES string of the molecule is CCNc1cc(C)ccc1C(=O)NC(C)CC1CC1. The van der Waals surface area contributed by atoms with E-state index in [0.717, 1.165) is 30.1 Å². The van der Waals surface area contributed by atoms with Crippen LogP contribution >= 0.6 is 0 Å². The lowest BCUT2D eigenvalue weighted by atomic mass is 10.1. The van der Waals surface area contributed by atoms with E-state index in [1.165, 1.54) is 18.4 Å². The van der Waals surface area contributed by atoms with Gasteiger partial charge in [-0.15, -0.1) is 0 Å². The van der Waals surface area contributed by atoms with Gasteiger partial charge in [0.15, 0.2) is 0 Å². The van der Waals surface area contributed by atoms with Crippen LogP contribution < -0.4 is 10.6 Å². The van der Waals surface area contributed by atoms with Gasteiger partial charge in [0.05, 0.1) is 5.56 Å². The molecular formula is C16H24N2O. The molecule has 1 atom stereocenters. The highest BCUT2D eigenvalue weighted by molar-refractivity contribution is 5.99. The Morgan fingerprint density at radius 3 is 2.79 bits per heavy atom. The van der Waals surface area contributed by atoms with Crippen LogP contribution in [-0.4, -0.2) is 18.5 Å². The molecule has 0 bridgehead atoms. The molecule has 0 radical (unpaired) electrons. The molecular weight excluding hydrogens is 236 g/mol. The molecule has 1 unspecified atom stereocenters. The van der Waals surface area contributed by atoms with Gasteiger partial charge < -0.3 is 10.6 Å². The van der Waals surface area contributed by atoms with Crippen LogP contribution in [0, 0.1) is 12.8 Å². The molecule has 0 spiro atoms. The Bertz CT molecular complexity index is 452. The highest BCUT2D eigenvalue weighted by Crippen LogP contribution is 2.33. The summed E-state index contributed by atoms with van der Waals surface area (Å²) in [6.45, 7) is 7.00. The Hall–Kier alpha value is -1.51. The maximum atomic E-state index is 12.3. The third-order valence-electron chi connectivity index (χ3n) is 3.55. The van der Waals surface area contributed by atoms with E-state index in [9.17, 15) is 4.79 Å². The number of aryl methyl sites for hydroxylation is 1. The smallest absolute Gasteiger partial charge is 0.253 e. The molecule has 0 heterocycles. The van der Waals surface area contributed by atoms with Gasteiger partial charge in [0.1, 0.15) is 0 Å². The maximum Gasteiger partial charge on any atom is 0.253 e. The molecule has 2 rings (SSSR count). The van der Waals surface area contributed by atoms with Gasteiger partial charge in [-0.05, 0) is 50.8 Å². The number of amides is 1. The van der Waals surface area contributed by atoms with Crippen molar-refractivity contribution < 1.29 is 4.79 Å². The summed E-state index contributed by atoms with van der Waals surface area (Å²) in [6.07, 6.45) is 3.76. The standard InChI is InChI=1S/C16H24N2O/c1-4-17-15-9-11(2)5-8-14(15)16(19)18-12(3)10-13-6-7-13/h5,8-9,12-13,17H,4,6-7,10H2,1-3H3,(H,18,19). The minimum atomic E-state index is 0.0316. The summed E-state index contributed by atoms with van der Waals surface area (Å²) in [5.74, 6) is 0.866. The average molecular weight is 260 g/mol. The summed E-state index contributed by atoms with van der Waals surface area (Å²) < 4.78 is 0. The zero-order valence-corrected chi connectivity index (χ0v) is 12.1. The number of nitrogens with one attached hydrogen (secondary N) is 2. The monoisotopic (exact) mass is 260 g/mol. The van der Waals surface area contributed by atoms with Crippen molar-refractivity contribution >= 4 is 11.6 Å². The molecule has 1 aliphatic carbocycles. The van der Waals surface area contributed by atoms with Crippen molar-refractivity contribution in [2.75, 3.05) is 11.9 Å². The van der Waals surface area contributed by atoms with Crippen molar-refractivity contribution in [3.05, 3.63) is 29.3 Å². The van der Waals surface area contributed by atoms with Crippen LogP contribution in [0.25, 0.3) is 0 Å². The lowest BCUT2D eigenvalue weighted by Gasteiger charge is -2.16. The Labute approximate surface area is 115 Å². The van der Waals surface area contributed by atoms with Crippen LogP contribution in [0.5, 0.6) is 0 Å².